The number of ether oxygens (including phenoxy) is 2. The summed E-state index contributed by atoms with van der Waals surface area (Å²) in [7, 11) is 0. The maximum absolute atomic E-state index is 5.86. The molecule has 5 rings (SSSR count). The molecule has 3 heterocycles. The number of pyridine rings is 1. The highest BCUT2D eigenvalue weighted by Gasteiger charge is 2.28. The van der Waals surface area contributed by atoms with Gasteiger partial charge < -0.3 is 9.47 Å². The Morgan fingerprint density at radius 1 is 0.786 bits per heavy atom. The molecule has 1 unspecified atom stereocenters. The van der Waals surface area contributed by atoms with E-state index in [2.05, 4.69) is 36.4 Å². The Labute approximate surface area is 164 Å². The molecule has 5 nitrogen and oxygen atoms in total. The van der Waals surface area contributed by atoms with E-state index in [4.69, 9.17) is 24.4 Å². The van der Waals surface area contributed by atoms with Crippen LogP contribution in [0.1, 0.15) is 29.4 Å². The van der Waals surface area contributed by atoms with Gasteiger partial charge in [0.2, 0.25) is 11.8 Å². The van der Waals surface area contributed by atoms with Crippen LogP contribution in [0.15, 0.2) is 82.8 Å². The largest absolute Gasteiger partial charge is 0.474 e. The maximum atomic E-state index is 5.86. The minimum atomic E-state index is 0.0113. The van der Waals surface area contributed by atoms with E-state index in [9.17, 15) is 0 Å². The summed E-state index contributed by atoms with van der Waals surface area (Å²) >= 11 is 0. The Kier molecular flexibility index (Phi) is 4.49. The molecule has 3 aliphatic rings. The first-order valence-corrected chi connectivity index (χ1v) is 9.64. The third kappa shape index (κ3) is 3.36. The number of allylic oxidation sites excluding steroid dienone is 3. The van der Waals surface area contributed by atoms with Crippen molar-refractivity contribution in [1.82, 2.24) is 4.98 Å². The Morgan fingerprint density at radius 3 is 2.36 bits per heavy atom. The topological polar surface area (TPSA) is 56.1 Å². The van der Waals surface area contributed by atoms with Gasteiger partial charge >= 0.3 is 0 Å². The zero-order valence-corrected chi connectivity index (χ0v) is 15.4. The van der Waals surface area contributed by atoms with Gasteiger partial charge in [-0.05, 0) is 24.1 Å². The molecule has 1 aromatic heterocycles. The summed E-state index contributed by atoms with van der Waals surface area (Å²) in [5.41, 5.74) is 2.59. The Hall–Kier alpha value is -3.21. The van der Waals surface area contributed by atoms with Crippen LogP contribution in [0.25, 0.3) is 0 Å². The fraction of sp³-hybridized carbons (Fsp3) is 0.261. The van der Waals surface area contributed by atoms with Crippen molar-refractivity contribution in [1.29, 1.82) is 0 Å². The summed E-state index contributed by atoms with van der Waals surface area (Å²) in [6, 6.07) is 16.1. The lowest BCUT2D eigenvalue weighted by Gasteiger charge is -2.15. The lowest BCUT2D eigenvalue weighted by molar-refractivity contribution is 0.294. The van der Waals surface area contributed by atoms with Crippen molar-refractivity contribution in [2.75, 3.05) is 13.2 Å². The highest BCUT2D eigenvalue weighted by molar-refractivity contribution is 5.97. The van der Waals surface area contributed by atoms with Crippen LogP contribution in [-0.4, -0.2) is 36.0 Å². The number of hydrogen-bond donors (Lipinski definition) is 0. The second-order valence-corrected chi connectivity index (χ2v) is 7.11. The summed E-state index contributed by atoms with van der Waals surface area (Å²) < 4.78 is 11.7. The summed E-state index contributed by atoms with van der Waals surface area (Å²) in [6.07, 6.45) is 9.54. The van der Waals surface area contributed by atoms with E-state index >= 15 is 0 Å². The van der Waals surface area contributed by atoms with E-state index in [1.807, 2.05) is 36.4 Å². The minimum Gasteiger partial charge on any atom is -0.474 e. The predicted octanol–water partition coefficient (Wildman–Crippen LogP) is 3.88. The molecule has 2 aromatic rings. The lowest BCUT2D eigenvalue weighted by atomic mass is 9.94. The first-order valence-electron chi connectivity index (χ1n) is 9.64. The molecule has 1 aliphatic carbocycles. The van der Waals surface area contributed by atoms with Crippen LogP contribution in [0, 0.1) is 5.92 Å². The van der Waals surface area contributed by atoms with Crippen LogP contribution in [0.2, 0.25) is 0 Å². The van der Waals surface area contributed by atoms with Crippen LogP contribution >= 0.6 is 0 Å². The van der Waals surface area contributed by atoms with E-state index in [0.29, 0.717) is 36.6 Å². The van der Waals surface area contributed by atoms with Crippen molar-refractivity contribution in [3.63, 3.8) is 0 Å². The van der Waals surface area contributed by atoms with Crippen LogP contribution in [-0.2, 0) is 9.47 Å². The average molecular weight is 371 g/mol. The van der Waals surface area contributed by atoms with Gasteiger partial charge in [-0.3, -0.25) is 0 Å². The van der Waals surface area contributed by atoms with Gasteiger partial charge in [-0.2, -0.15) is 0 Å². The van der Waals surface area contributed by atoms with Crippen molar-refractivity contribution in [2.45, 2.75) is 18.5 Å². The maximum Gasteiger partial charge on any atom is 0.236 e. The molecule has 0 radical (unpaired) electrons. The second-order valence-electron chi connectivity index (χ2n) is 7.11. The molecule has 0 N–H and O–H groups in total. The average Bonchev–Trinajstić information content (AvgIpc) is 3.46. The van der Waals surface area contributed by atoms with E-state index in [-0.39, 0.29) is 12.1 Å². The normalized spacial score (nSPS) is 25.8. The summed E-state index contributed by atoms with van der Waals surface area (Å²) in [6.45, 7) is 1.13. The standard InChI is InChI=1S/C23H21N3O2/c1-3-8-16(9-4-1)20-14-27-22(25-20)18-12-7-13-19(24-18)23-26-21(15-28-23)17-10-5-2-6-11-17/h1-10,12-13,17,20-21H,11,14-15H2/t17?,20-,21-/m1/s1. The van der Waals surface area contributed by atoms with Crippen molar-refractivity contribution < 1.29 is 9.47 Å². The molecule has 1 aromatic carbocycles. The number of nitrogens with zero attached hydrogens (tertiary/aromatic N) is 3. The van der Waals surface area contributed by atoms with Gasteiger partial charge in [0.15, 0.2) is 0 Å². The summed E-state index contributed by atoms with van der Waals surface area (Å²) in [4.78, 5) is 14.2. The first-order chi connectivity index (χ1) is 13.9. The van der Waals surface area contributed by atoms with Gasteiger partial charge in [-0.1, -0.05) is 60.7 Å². The van der Waals surface area contributed by atoms with Gasteiger partial charge in [0.05, 0.1) is 6.04 Å². The molecule has 0 spiro atoms. The fourth-order valence-electron chi connectivity index (χ4n) is 3.67. The third-order valence-corrected chi connectivity index (χ3v) is 5.20. The molecule has 0 saturated carbocycles. The van der Waals surface area contributed by atoms with E-state index in [0.717, 1.165) is 17.7 Å². The second kappa shape index (κ2) is 7.43. The monoisotopic (exact) mass is 371 g/mol. The number of rotatable bonds is 4. The number of benzene rings is 1. The minimum absolute atomic E-state index is 0.0113. The summed E-state index contributed by atoms with van der Waals surface area (Å²) in [5, 5.41) is 0. The smallest absolute Gasteiger partial charge is 0.236 e. The van der Waals surface area contributed by atoms with Gasteiger partial charge in [-0.15, -0.1) is 0 Å². The molecule has 5 heteroatoms. The fourth-order valence-corrected chi connectivity index (χ4v) is 3.67. The van der Waals surface area contributed by atoms with Crippen LogP contribution < -0.4 is 0 Å². The first kappa shape index (κ1) is 16.9. The Bertz CT molecular complexity index is 978. The zero-order valence-electron chi connectivity index (χ0n) is 15.4. The molecule has 0 saturated heterocycles. The van der Waals surface area contributed by atoms with Gasteiger partial charge in [0, 0.05) is 5.92 Å². The molecular formula is C23H21N3O2. The molecule has 0 fully saturated rings. The molecule has 140 valence electrons. The number of hydrogen-bond acceptors (Lipinski definition) is 5. The summed E-state index contributed by atoms with van der Waals surface area (Å²) in [5.74, 6) is 1.57. The van der Waals surface area contributed by atoms with Gasteiger partial charge in [0.25, 0.3) is 0 Å². The van der Waals surface area contributed by atoms with Crippen molar-refractivity contribution in [3.05, 3.63) is 89.8 Å². The highest BCUT2D eigenvalue weighted by Crippen LogP contribution is 2.26. The quantitative estimate of drug-likeness (QED) is 0.820. The van der Waals surface area contributed by atoms with Gasteiger partial charge in [-0.25, -0.2) is 15.0 Å². The van der Waals surface area contributed by atoms with Crippen LogP contribution in [0.5, 0.6) is 0 Å². The van der Waals surface area contributed by atoms with E-state index in [1.165, 1.54) is 0 Å². The van der Waals surface area contributed by atoms with Crippen LogP contribution in [0.3, 0.4) is 0 Å². The SMILES string of the molecule is C1=CCC([C@H]2COC(c3cccc(C4=N[C@@H](c5ccccc5)CO4)n3)=N2)C=C1. The molecule has 0 amide bonds. The highest BCUT2D eigenvalue weighted by atomic mass is 16.5. The Morgan fingerprint density at radius 2 is 1.57 bits per heavy atom. The van der Waals surface area contributed by atoms with E-state index < -0.39 is 0 Å². The van der Waals surface area contributed by atoms with Crippen molar-refractivity contribution in [2.24, 2.45) is 15.9 Å². The third-order valence-electron chi connectivity index (χ3n) is 5.20. The van der Waals surface area contributed by atoms with Crippen molar-refractivity contribution in [3.8, 4) is 0 Å². The lowest BCUT2D eigenvalue weighted by Crippen LogP contribution is -2.18. The van der Waals surface area contributed by atoms with Gasteiger partial charge in [0.1, 0.15) is 30.6 Å². The van der Waals surface area contributed by atoms with E-state index in [1.54, 1.807) is 0 Å². The molecule has 28 heavy (non-hydrogen) atoms. The molecule has 0 bridgehead atoms. The zero-order chi connectivity index (χ0) is 18.8. The molecular weight excluding hydrogens is 350 g/mol. The van der Waals surface area contributed by atoms with Crippen LogP contribution in [0.4, 0.5) is 0 Å². The molecule has 3 atom stereocenters. The molecule has 2 aliphatic heterocycles. The van der Waals surface area contributed by atoms with Crippen molar-refractivity contribution >= 4 is 11.8 Å². The number of aromatic nitrogens is 1. The predicted molar refractivity (Wildman–Crippen MR) is 109 cm³/mol. The Balaban J connectivity index is 1.36. The number of aliphatic imine (C=N–C) groups is 2.